The molecular weight excluding hydrogens is 193 g/mol. The zero-order chi connectivity index (χ0) is 10.4. The second kappa shape index (κ2) is 3.05. The first-order valence-electron chi connectivity index (χ1n) is 5.36. The molecule has 1 aliphatic heterocycles. The predicted octanol–water partition coefficient (Wildman–Crippen LogP) is 2.66. The summed E-state index contributed by atoms with van der Waals surface area (Å²) in [5.41, 5.74) is 1.78. The summed E-state index contributed by atoms with van der Waals surface area (Å²) < 4.78 is 13.0. The molecule has 1 aromatic rings. The Kier molecular flexibility index (Phi) is 1.81. The highest BCUT2D eigenvalue weighted by molar-refractivity contribution is 5.96. The van der Waals surface area contributed by atoms with Crippen molar-refractivity contribution in [3.05, 3.63) is 29.6 Å². The first-order valence-corrected chi connectivity index (χ1v) is 5.36. The van der Waals surface area contributed by atoms with Crippen LogP contribution in [-0.2, 0) is 4.79 Å². The van der Waals surface area contributed by atoms with Crippen LogP contribution in [0.2, 0.25) is 0 Å². The number of carbonyl (C=O) groups is 1. The van der Waals surface area contributed by atoms with E-state index in [-0.39, 0.29) is 17.6 Å². The Morgan fingerprint density at radius 2 is 2.07 bits per heavy atom. The van der Waals surface area contributed by atoms with Crippen molar-refractivity contribution >= 4 is 11.6 Å². The van der Waals surface area contributed by atoms with Gasteiger partial charge < -0.3 is 5.32 Å². The molecule has 3 rings (SSSR count). The second-order valence-corrected chi connectivity index (χ2v) is 4.36. The van der Waals surface area contributed by atoms with Crippen LogP contribution in [0.1, 0.15) is 30.7 Å². The lowest BCUT2D eigenvalue weighted by molar-refractivity contribution is -0.120. The van der Waals surface area contributed by atoms with Gasteiger partial charge in [-0.2, -0.15) is 0 Å². The molecule has 1 aromatic carbocycles. The molecule has 2 unspecified atom stereocenters. The van der Waals surface area contributed by atoms with Crippen molar-refractivity contribution < 1.29 is 9.18 Å². The molecule has 0 radical (unpaired) electrons. The van der Waals surface area contributed by atoms with E-state index in [1.54, 1.807) is 0 Å². The number of halogens is 1. The molecule has 0 aromatic heterocycles. The maximum Gasteiger partial charge on any atom is 0.228 e. The molecular formula is C12H12FNO. The van der Waals surface area contributed by atoms with Gasteiger partial charge in [0.1, 0.15) is 5.82 Å². The van der Waals surface area contributed by atoms with Crippen LogP contribution in [0.5, 0.6) is 0 Å². The molecule has 2 nitrogen and oxygen atoms in total. The summed E-state index contributed by atoms with van der Waals surface area (Å²) in [7, 11) is 0. The van der Waals surface area contributed by atoms with Crippen molar-refractivity contribution in [2.75, 3.05) is 5.32 Å². The molecule has 1 saturated carbocycles. The summed E-state index contributed by atoms with van der Waals surface area (Å²) in [6.07, 6.45) is 3.11. The van der Waals surface area contributed by atoms with Crippen LogP contribution in [-0.4, -0.2) is 5.91 Å². The first-order chi connectivity index (χ1) is 7.25. The van der Waals surface area contributed by atoms with Crippen LogP contribution in [0, 0.1) is 11.7 Å². The molecule has 1 heterocycles. The van der Waals surface area contributed by atoms with Crippen molar-refractivity contribution in [3.8, 4) is 0 Å². The zero-order valence-corrected chi connectivity index (χ0v) is 8.29. The van der Waals surface area contributed by atoms with E-state index in [0.717, 1.165) is 24.8 Å². The molecule has 0 spiro atoms. The fourth-order valence-corrected chi connectivity index (χ4v) is 2.83. The molecule has 1 amide bonds. The molecule has 1 aliphatic carbocycles. The minimum absolute atomic E-state index is 0.0654. The number of hydrogen-bond donors (Lipinski definition) is 1. The van der Waals surface area contributed by atoms with E-state index in [1.807, 2.05) is 6.07 Å². The SMILES string of the molecule is O=C1Nc2cc(F)ccc2C2CCCC12. The number of carbonyl (C=O) groups excluding carboxylic acids is 1. The van der Waals surface area contributed by atoms with Gasteiger partial charge >= 0.3 is 0 Å². The van der Waals surface area contributed by atoms with E-state index in [2.05, 4.69) is 5.32 Å². The molecule has 1 fully saturated rings. The minimum Gasteiger partial charge on any atom is -0.325 e. The predicted molar refractivity (Wildman–Crippen MR) is 55.1 cm³/mol. The number of fused-ring (bicyclic) bond motifs is 3. The average Bonchev–Trinajstić information content (AvgIpc) is 2.66. The largest absolute Gasteiger partial charge is 0.325 e. The van der Waals surface area contributed by atoms with Gasteiger partial charge in [0.2, 0.25) is 5.91 Å². The zero-order valence-electron chi connectivity index (χ0n) is 8.29. The van der Waals surface area contributed by atoms with E-state index in [4.69, 9.17) is 0 Å². The summed E-state index contributed by atoms with van der Waals surface area (Å²) in [6.45, 7) is 0. The van der Waals surface area contributed by atoms with Gasteiger partial charge in [0.25, 0.3) is 0 Å². The fraction of sp³-hybridized carbons (Fsp3) is 0.417. The van der Waals surface area contributed by atoms with Crippen molar-refractivity contribution in [2.24, 2.45) is 5.92 Å². The van der Waals surface area contributed by atoms with Gasteiger partial charge in [0, 0.05) is 11.6 Å². The quantitative estimate of drug-likeness (QED) is 0.693. The molecule has 3 heteroatoms. The van der Waals surface area contributed by atoms with Crippen LogP contribution in [0.4, 0.5) is 10.1 Å². The maximum absolute atomic E-state index is 13.0. The van der Waals surface area contributed by atoms with Gasteiger partial charge in [-0.25, -0.2) is 4.39 Å². The maximum atomic E-state index is 13.0. The third kappa shape index (κ3) is 1.26. The van der Waals surface area contributed by atoms with E-state index >= 15 is 0 Å². The lowest BCUT2D eigenvalue weighted by atomic mass is 9.84. The molecule has 1 N–H and O–H groups in total. The average molecular weight is 205 g/mol. The summed E-state index contributed by atoms with van der Waals surface area (Å²) >= 11 is 0. The van der Waals surface area contributed by atoms with Crippen molar-refractivity contribution in [1.82, 2.24) is 0 Å². The first kappa shape index (κ1) is 8.89. The topological polar surface area (TPSA) is 29.1 Å². The summed E-state index contributed by atoms with van der Waals surface area (Å²) in [5, 5.41) is 2.79. The number of rotatable bonds is 0. The van der Waals surface area contributed by atoms with E-state index in [9.17, 15) is 9.18 Å². The Morgan fingerprint density at radius 3 is 2.93 bits per heavy atom. The van der Waals surface area contributed by atoms with Crippen LogP contribution in [0.15, 0.2) is 18.2 Å². The van der Waals surface area contributed by atoms with Gasteiger partial charge in [-0.15, -0.1) is 0 Å². The van der Waals surface area contributed by atoms with Crippen molar-refractivity contribution in [2.45, 2.75) is 25.2 Å². The Morgan fingerprint density at radius 1 is 1.27 bits per heavy atom. The summed E-state index contributed by atoms with van der Waals surface area (Å²) in [5.74, 6) is 0.207. The van der Waals surface area contributed by atoms with Gasteiger partial charge in [-0.1, -0.05) is 12.5 Å². The lowest BCUT2D eigenvalue weighted by Gasteiger charge is -2.27. The standard InChI is InChI=1S/C12H12FNO/c13-7-4-5-9-8-2-1-3-10(8)12(15)14-11(9)6-7/h4-6,8,10H,1-3H2,(H,14,15). The number of amides is 1. The normalized spacial score (nSPS) is 28.2. The molecule has 2 aliphatic rings. The molecule has 2 atom stereocenters. The summed E-state index contributed by atoms with van der Waals surface area (Å²) in [6, 6.07) is 4.71. The monoisotopic (exact) mass is 205 g/mol. The molecule has 0 saturated heterocycles. The highest BCUT2D eigenvalue weighted by Crippen LogP contribution is 2.45. The van der Waals surface area contributed by atoms with Crippen molar-refractivity contribution in [1.29, 1.82) is 0 Å². The number of nitrogens with one attached hydrogen (secondary N) is 1. The van der Waals surface area contributed by atoms with Gasteiger partial charge in [0.05, 0.1) is 0 Å². The minimum atomic E-state index is -0.287. The number of anilines is 1. The van der Waals surface area contributed by atoms with E-state index in [1.165, 1.54) is 12.1 Å². The number of hydrogen-bond acceptors (Lipinski definition) is 1. The Hall–Kier alpha value is -1.38. The van der Waals surface area contributed by atoms with Gasteiger partial charge in [0.15, 0.2) is 0 Å². The van der Waals surface area contributed by atoms with Crippen LogP contribution in [0.25, 0.3) is 0 Å². The van der Waals surface area contributed by atoms with E-state index in [0.29, 0.717) is 11.6 Å². The Bertz CT molecular complexity index is 430. The van der Waals surface area contributed by atoms with E-state index < -0.39 is 0 Å². The molecule has 0 bridgehead atoms. The molecule has 78 valence electrons. The second-order valence-electron chi connectivity index (χ2n) is 4.36. The molecule has 15 heavy (non-hydrogen) atoms. The van der Waals surface area contributed by atoms with Crippen LogP contribution in [0.3, 0.4) is 0 Å². The third-order valence-corrected chi connectivity index (χ3v) is 3.53. The smallest absolute Gasteiger partial charge is 0.228 e. The number of benzene rings is 1. The van der Waals surface area contributed by atoms with Gasteiger partial charge in [-0.05, 0) is 36.5 Å². The lowest BCUT2D eigenvalue weighted by Crippen LogP contribution is -2.30. The van der Waals surface area contributed by atoms with Crippen LogP contribution >= 0.6 is 0 Å². The van der Waals surface area contributed by atoms with Crippen molar-refractivity contribution in [3.63, 3.8) is 0 Å². The summed E-state index contributed by atoms with van der Waals surface area (Å²) in [4.78, 5) is 11.7. The fourth-order valence-electron chi connectivity index (χ4n) is 2.83. The third-order valence-electron chi connectivity index (χ3n) is 3.53. The highest BCUT2D eigenvalue weighted by Gasteiger charge is 2.38. The highest BCUT2D eigenvalue weighted by atomic mass is 19.1. The Balaban J connectivity index is 2.11. The Labute approximate surface area is 87.5 Å². The van der Waals surface area contributed by atoms with Gasteiger partial charge in [-0.3, -0.25) is 4.79 Å². The van der Waals surface area contributed by atoms with Crippen LogP contribution < -0.4 is 5.32 Å².